The van der Waals surface area contributed by atoms with Crippen LogP contribution in [-0.4, -0.2) is 15.7 Å². The van der Waals surface area contributed by atoms with Crippen LogP contribution in [0.15, 0.2) is 89.7 Å². The molecule has 9 heteroatoms. The SMILES string of the molecule is O=C(Nc1cnn(Cc2cccc(C(F)(F)F)c2)c1)c1ccc(COc2ccccc2Br)cc1. The topological polar surface area (TPSA) is 56.2 Å². The van der Waals surface area contributed by atoms with Crippen molar-refractivity contribution in [2.45, 2.75) is 19.3 Å². The maximum atomic E-state index is 12.9. The summed E-state index contributed by atoms with van der Waals surface area (Å²) in [6.45, 7) is 0.499. The van der Waals surface area contributed by atoms with Crippen LogP contribution in [0.1, 0.15) is 27.0 Å². The van der Waals surface area contributed by atoms with E-state index in [9.17, 15) is 18.0 Å². The lowest BCUT2D eigenvalue weighted by Gasteiger charge is -2.09. The van der Waals surface area contributed by atoms with Gasteiger partial charge in [-0.15, -0.1) is 0 Å². The summed E-state index contributed by atoms with van der Waals surface area (Å²) in [5.41, 5.74) is 1.54. The highest BCUT2D eigenvalue weighted by Gasteiger charge is 2.30. The number of amides is 1. The molecule has 0 unspecified atom stereocenters. The van der Waals surface area contributed by atoms with Crippen molar-refractivity contribution in [3.05, 3.63) is 112 Å². The van der Waals surface area contributed by atoms with Gasteiger partial charge in [-0.25, -0.2) is 0 Å². The van der Waals surface area contributed by atoms with Crippen LogP contribution in [-0.2, 0) is 19.3 Å². The van der Waals surface area contributed by atoms with Crippen molar-refractivity contribution < 1.29 is 22.7 Å². The molecule has 4 rings (SSSR count). The maximum Gasteiger partial charge on any atom is 0.416 e. The van der Waals surface area contributed by atoms with Crippen LogP contribution in [0.4, 0.5) is 18.9 Å². The summed E-state index contributed by atoms with van der Waals surface area (Å²) in [5.74, 6) is 0.406. The Labute approximate surface area is 202 Å². The Hall–Kier alpha value is -3.59. The van der Waals surface area contributed by atoms with Crippen LogP contribution in [0.3, 0.4) is 0 Å². The number of carbonyl (C=O) groups excluding carboxylic acids is 1. The minimum absolute atomic E-state index is 0.145. The lowest BCUT2D eigenvalue weighted by atomic mass is 10.1. The van der Waals surface area contributed by atoms with Crippen molar-refractivity contribution in [3.63, 3.8) is 0 Å². The van der Waals surface area contributed by atoms with E-state index in [0.29, 0.717) is 23.4 Å². The Morgan fingerprint density at radius 3 is 2.50 bits per heavy atom. The molecule has 1 N–H and O–H groups in total. The fourth-order valence-corrected chi connectivity index (χ4v) is 3.63. The largest absolute Gasteiger partial charge is 0.488 e. The molecule has 5 nitrogen and oxygen atoms in total. The molecule has 3 aromatic carbocycles. The normalized spacial score (nSPS) is 11.3. The maximum absolute atomic E-state index is 12.9. The van der Waals surface area contributed by atoms with E-state index in [2.05, 4.69) is 26.3 Å². The Kier molecular flexibility index (Phi) is 7.02. The first-order chi connectivity index (χ1) is 16.3. The summed E-state index contributed by atoms with van der Waals surface area (Å²) in [4.78, 5) is 12.6. The number of alkyl halides is 3. The van der Waals surface area contributed by atoms with Crippen molar-refractivity contribution >= 4 is 27.5 Å². The molecule has 0 atom stereocenters. The molecule has 0 bridgehead atoms. The van der Waals surface area contributed by atoms with Gasteiger partial charge in [-0.05, 0) is 63.5 Å². The Morgan fingerprint density at radius 2 is 1.76 bits per heavy atom. The van der Waals surface area contributed by atoms with Gasteiger partial charge in [0.1, 0.15) is 12.4 Å². The Morgan fingerprint density at radius 1 is 1.00 bits per heavy atom. The van der Waals surface area contributed by atoms with Crippen molar-refractivity contribution in [3.8, 4) is 5.75 Å². The van der Waals surface area contributed by atoms with E-state index in [-0.39, 0.29) is 12.5 Å². The van der Waals surface area contributed by atoms with Crippen molar-refractivity contribution in [1.82, 2.24) is 9.78 Å². The number of nitrogens with one attached hydrogen (secondary N) is 1. The lowest BCUT2D eigenvalue weighted by Crippen LogP contribution is -2.11. The third kappa shape index (κ3) is 6.05. The van der Waals surface area contributed by atoms with Crippen molar-refractivity contribution in [1.29, 1.82) is 0 Å². The first kappa shape index (κ1) is 23.6. The first-order valence-corrected chi connectivity index (χ1v) is 11.0. The number of rotatable bonds is 7. The van der Waals surface area contributed by atoms with E-state index in [4.69, 9.17) is 4.74 Å². The smallest absolute Gasteiger partial charge is 0.416 e. The number of hydrogen-bond acceptors (Lipinski definition) is 3. The molecule has 0 aliphatic heterocycles. The Bertz CT molecular complexity index is 1290. The number of para-hydroxylation sites is 1. The van der Waals surface area contributed by atoms with Gasteiger partial charge >= 0.3 is 6.18 Å². The van der Waals surface area contributed by atoms with E-state index < -0.39 is 11.7 Å². The number of hydrogen-bond donors (Lipinski definition) is 1. The van der Waals surface area contributed by atoms with Crippen LogP contribution in [0, 0.1) is 0 Å². The number of aromatic nitrogens is 2. The minimum atomic E-state index is -4.40. The number of carbonyl (C=O) groups is 1. The second-order valence-electron chi connectivity index (χ2n) is 7.49. The molecule has 0 aliphatic rings. The molecule has 174 valence electrons. The standard InChI is InChI=1S/C25H19BrF3N3O2/c26-22-6-1-2-7-23(22)34-16-17-8-10-19(11-9-17)24(33)31-21-13-30-32(15-21)14-18-4-3-5-20(12-18)25(27,28)29/h1-13,15H,14,16H2,(H,31,33). The summed E-state index contributed by atoms with van der Waals surface area (Å²) in [6.07, 6.45) is -1.39. The fourth-order valence-electron chi connectivity index (χ4n) is 3.23. The average molecular weight is 530 g/mol. The minimum Gasteiger partial charge on any atom is -0.488 e. The molecule has 34 heavy (non-hydrogen) atoms. The monoisotopic (exact) mass is 529 g/mol. The molecule has 1 heterocycles. The quantitative estimate of drug-likeness (QED) is 0.295. The molecule has 0 spiro atoms. The third-order valence-electron chi connectivity index (χ3n) is 4.94. The van der Waals surface area contributed by atoms with Gasteiger partial charge in [0.05, 0.1) is 28.5 Å². The van der Waals surface area contributed by atoms with Gasteiger partial charge in [0.25, 0.3) is 5.91 Å². The van der Waals surface area contributed by atoms with E-state index >= 15 is 0 Å². The van der Waals surface area contributed by atoms with Crippen LogP contribution in [0.25, 0.3) is 0 Å². The van der Waals surface area contributed by atoms with Gasteiger partial charge in [0.2, 0.25) is 0 Å². The van der Waals surface area contributed by atoms with Gasteiger partial charge in [-0.2, -0.15) is 18.3 Å². The summed E-state index contributed by atoms with van der Waals surface area (Å²) in [6, 6.07) is 19.6. The number of nitrogens with zero attached hydrogens (tertiary/aromatic N) is 2. The zero-order chi connectivity index (χ0) is 24.1. The highest BCUT2D eigenvalue weighted by Crippen LogP contribution is 2.29. The highest BCUT2D eigenvalue weighted by atomic mass is 79.9. The van der Waals surface area contributed by atoms with Gasteiger partial charge in [0.15, 0.2) is 0 Å². The fraction of sp³-hybridized carbons (Fsp3) is 0.120. The zero-order valence-electron chi connectivity index (χ0n) is 17.7. The van der Waals surface area contributed by atoms with Crippen LogP contribution in [0.2, 0.25) is 0 Å². The molecule has 4 aromatic rings. The molecule has 0 saturated carbocycles. The van der Waals surface area contributed by atoms with Gasteiger partial charge in [-0.3, -0.25) is 9.48 Å². The molecule has 0 radical (unpaired) electrons. The third-order valence-corrected chi connectivity index (χ3v) is 5.59. The second-order valence-corrected chi connectivity index (χ2v) is 8.35. The molecule has 0 saturated heterocycles. The number of benzene rings is 3. The molecular weight excluding hydrogens is 511 g/mol. The summed E-state index contributed by atoms with van der Waals surface area (Å²) >= 11 is 3.43. The Balaban J connectivity index is 1.34. The number of halogens is 4. The predicted octanol–water partition coefficient (Wildman–Crippen LogP) is 6.54. The zero-order valence-corrected chi connectivity index (χ0v) is 19.3. The molecular formula is C25H19BrF3N3O2. The van der Waals surface area contributed by atoms with E-state index in [1.165, 1.54) is 16.9 Å². The number of anilines is 1. The summed E-state index contributed by atoms with van der Waals surface area (Å²) in [5, 5.41) is 6.87. The van der Waals surface area contributed by atoms with E-state index in [0.717, 1.165) is 27.9 Å². The van der Waals surface area contributed by atoms with Crippen molar-refractivity contribution in [2.24, 2.45) is 0 Å². The predicted molar refractivity (Wildman–Crippen MR) is 126 cm³/mol. The highest BCUT2D eigenvalue weighted by molar-refractivity contribution is 9.10. The molecule has 0 aliphatic carbocycles. The van der Waals surface area contributed by atoms with Gasteiger partial charge < -0.3 is 10.1 Å². The van der Waals surface area contributed by atoms with E-state index in [1.54, 1.807) is 24.4 Å². The van der Waals surface area contributed by atoms with Gasteiger partial charge in [0, 0.05) is 11.8 Å². The lowest BCUT2D eigenvalue weighted by molar-refractivity contribution is -0.137. The van der Waals surface area contributed by atoms with Crippen LogP contribution >= 0.6 is 15.9 Å². The van der Waals surface area contributed by atoms with Crippen LogP contribution < -0.4 is 10.1 Å². The molecule has 1 aromatic heterocycles. The number of ether oxygens (including phenoxy) is 1. The van der Waals surface area contributed by atoms with Crippen molar-refractivity contribution in [2.75, 3.05) is 5.32 Å². The molecule has 1 amide bonds. The average Bonchev–Trinajstić information content (AvgIpc) is 3.25. The second kappa shape index (κ2) is 10.1. The summed E-state index contributed by atoms with van der Waals surface area (Å²) in [7, 11) is 0. The first-order valence-electron chi connectivity index (χ1n) is 10.2. The van der Waals surface area contributed by atoms with E-state index in [1.807, 2.05) is 36.4 Å². The van der Waals surface area contributed by atoms with Crippen LogP contribution in [0.5, 0.6) is 5.75 Å². The van der Waals surface area contributed by atoms with Gasteiger partial charge in [-0.1, -0.05) is 36.4 Å². The molecule has 0 fully saturated rings. The summed E-state index contributed by atoms with van der Waals surface area (Å²) < 4.78 is 46.8.